The van der Waals surface area contributed by atoms with Crippen LogP contribution in [0.3, 0.4) is 0 Å². The van der Waals surface area contributed by atoms with E-state index in [4.69, 9.17) is 9.84 Å². The Kier molecular flexibility index (Phi) is 4.04. The van der Waals surface area contributed by atoms with Crippen molar-refractivity contribution >= 4 is 0 Å². The standard InChI is InChI=1S/C5H11O2/c1-3-7-4-5(2)6/h5-6H,1,3-4H2,2H3. The molecule has 0 heterocycles. The molecule has 1 atom stereocenters. The highest BCUT2D eigenvalue weighted by Gasteiger charge is 1.90. The number of hydrogen-bond donors (Lipinski definition) is 1. The largest absolute Gasteiger partial charge is 0.391 e. The Hall–Kier alpha value is -0.0800. The Morgan fingerprint density at radius 2 is 2.43 bits per heavy atom. The Morgan fingerprint density at radius 1 is 1.86 bits per heavy atom. The number of rotatable bonds is 3. The van der Waals surface area contributed by atoms with Crippen molar-refractivity contribution in [2.75, 3.05) is 13.2 Å². The van der Waals surface area contributed by atoms with E-state index in [9.17, 15) is 0 Å². The first-order chi connectivity index (χ1) is 3.27. The Labute approximate surface area is 44.1 Å². The van der Waals surface area contributed by atoms with Crippen LogP contribution in [0.2, 0.25) is 0 Å². The molecule has 0 fully saturated rings. The highest BCUT2D eigenvalue weighted by molar-refractivity contribution is 4.40. The van der Waals surface area contributed by atoms with E-state index in [1.807, 2.05) is 0 Å². The molecule has 1 unspecified atom stereocenters. The van der Waals surface area contributed by atoms with Gasteiger partial charge < -0.3 is 9.84 Å². The van der Waals surface area contributed by atoms with E-state index in [2.05, 4.69) is 6.92 Å². The highest BCUT2D eigenvalue weighted by atomic mass is 16.5. The van der Waals surface area contributed by atoms with Gasteiger partial charge in [0.15, 0.2) is 0 Å². The zero-order chi connectivity index (χ0) is 5.70. The molecule has 7 heavy (non-hydrogen) atoms. The van der Waals surface area contributed by atoms with Crippen molar-refractivity contribution in [2.24, 2.45) is 0 Å². The molecule has 2 heteroatoms. The molecule has 0 rings (SSSR count). The van der Waals surface area contributed by atoms with Crippen LogP contribution in [0.15, 0.2) is 0 Å². The predicted octanol–water partition coefficient (Wildman–Crippen LogP) is 0.218. The molecule has 0 aromatic heterocycles. The van der Waals surface area contributed by atoms with E-state index in [-0.39, 0.29) is 6.10 Å². The van der Waals surface area contributed by atoms with Crippen molar-refractivity contribution in [3.8, 4) is 0 Å². The molecule has 0 spiro atoms. The number of ether oxygens (including phenoxy) is 1. The van der Waals surface area contributed by atoms with Gasteiger partial charge in [-0.1, -0.05) is 0 Å². The normalized spacial score (nSPS) is 14.1. The van der Waals surface area contributed by atoms with Gasteiger partial charge in [-0.05, 0) is 13.8 Å². The summed E-state index contributed by atoms with van der Waals surface area (Å²) >= 11 is 0. The summed E-state index contributed by atoms with van der Waals surface area (Å²) in [6.07, 6.45) is -0.359. The second-order valence-corrected chi connectivity index (χ2v) is 1.42. The molecule has 0 aromatic rings. The molecule has 0 saturated carbocycles. The van der Waals surface area contributed by atoms with Crippen LogP contribution >= 0.6 is 0 Å². The lowest BCUT2D eigenvalue weighted by molar-refractivity contribution is 0.0592. The molecule has 1 N–H and O–H groups in total. The van der Waals surface area contributed by atoms with Gasteiger partial charge in [-0.2, -0.15) is 0 Å². The zero-order valence-electron chi connectivity index (χ0n) is 4.55. The highest BCUT2D eigenvalue weighted by Crippen LogP contribution is 1.79. The van der Waals surface area contributed by atoms with Gasteiger partial charge in [0.05, 0.1) is 12.7 Å². The van der Waals surface area contributed by atoms with Crippen LogP contribution < -0.4 is 0 Å². The molecule has 1 radical (unpaired) electrons. The molecule has 0 bridgehead atoms. The Morgan fingerprint density at radius 3 is 2.57 bits per heavy atom. The Bertz CT molecular complexity index is 35.1. The van der Waals surface area contributed by atoms with Crippen molar-refractivity contribution in [3.05, 3.63) is 6.92 Å². The van der Waals surface area contributed by atoms with Gasteiger partial charge in [0.2, 0.25) is 0 Å². The molecule has 0 aliphatic carbocycles. The maximum Gasteiger partial charge on any atom is 0.0745 e. The van der Waals surface area contributed by atoms with Crippen LogP contribution in [0.4, 0.5) is 0 Å². The van der Waals surface area contributed by atoms with Gasteiger partial charge in [-0.3, -0.25) is 0 Å². The van der Waals surface area contributed by atoms with E-state index in [1.165, 1.54) is 0 Å². The average molecular weight is 103 g/mol. The number of hydrogen-bond acceptors (Lipinski definition) is 2. The van der Waals surface area contributed by atoms with Crippen molar-refractivity contribution in [2.45, 2.75) is 13.0 Å². The third-order valence-corrected chi connectivity index (χ3v) is 0.503. The summed E-state index contributed by atoms with van der Waals surface area (Å²) in [4.78, 5) is 0. The van der Waals surface area contributed by atoms with Gasteiger partial charge in [0.25, 0.3) is 0 Å². The van der Waals surface area contributed by atoms with E-state index >= 15 is 0 Å². The zero-order valence-corrected chi connectivity index (χ0v) is 4.55. The average Bonchev–Trinajstić information content (AvgIpc) is 1.61. The second kappa shape index (κ2) is 4.09. The number of aliphatic hydroxyl groups is 1. The molecule has 2 nitrogen and oxygen atoms in total. The molecule has 0 aliphatic heterocycles. The molecular formula is C5H11O2. The molecular weight excluding hydrogens is 92.1 g/mol. The third-order valence-electron chi connectivity index (χ3n) is 0.503. The van der Waals surface area contributed by atoms with Gasteiger partial charge in [0.1, 0.15) is 0 Å². The molecule has 43 valence electrons. The van der Waals surface area contributed by atoms with Crippen LogP contribution in [-0.4, -0.2) is 24.4 Å². The van der Waals surface area contributed by atoms with Crippen LogP contribution in [0.25, 0.3) is 0 Å². The summed E-state index contributed by atoms with van der Waals surface area (Å²) in [5.41, 5.74) is 0. The van der Waals surface area contributed by atoms with Gasteiger partial charge in [0, 0.05) is 6.61 Å². The van der Waals surface area contributed by atoms with Crippen LogP contribution in [-0.2, 0) is 4.74 Å². The minimum atomic E-state index is -0.359. The summed E-state index contributed by atoms with van der Waals surface area (Å²) < 4.78 is 4.73. The SMILES string of the molecule is [CH2]COCC(C)O. The minimum absolute atomic E-state index is 0.359. The first-order valence-corrected chi connectivity index (χ1v) is 2.32. The maximum absolute atomic E-state index is 8.53. The number of aliphatic hydroxyl groups excluding tert-OH is 1. The smallest absolute Gasteiger partial charge is 0.0745 e. The first kappa shape index (κ1) is 6.92. The van der Waals surface area contributed by atoms with Crippen molar-refractivity contribution in [1.82, 2.24) is 0 Å². The van der Waals surface area contributed by atoms with Crippen molar-refractivity contribution < 1.29 is 9.84 Å². The molecule has 0 amide bonds. The molecule has 0 aliphatic rings. The van der Waals surface area contributed by atoms with Crippen LogP contribution in [0.5, 0.6) is 0 Å². The summed E-state index contributed by atoms with van der Waals surface area (Å²) in [5, 5.41) is 8.53. The second-order valence-electron chi connectivity index (χ2n) is 1.42. The summed E-state index contributed by atoms with van der Waals surface area (Å²) in [7, 11) is 0. The lowest BCUT2D eigenvalue weighted by Crippen LogP contribution is -2.09. The summed E-state index contributed by atoms with van der Waals surface area (Å²) in [6.45, 7) is 5.93. The van der Waals surface area contributed by atoms with E-state index in [0.29, 0.717) is 13.2 Å². The third kappa shape index (κ3) is 5.92. The van der Waals surface area contributed by atoms with Crippen molar-refractivity contribution in [1.29, 1.82) is 0 Å². The molecule has 0 saturated heterocycles. The van der Waals surface area contributed by atoms with Gasteiger partial charge in [-0.25, -0.2) is 0 Å². The van der Waals surface area contributed by atoms with E-state index in [0.717, 1.165) is 0 Å². The van der Waals surface area contributed by atoms with Crippen molar-refractivity contribution in [3.63, 3.8) is 0 Å². The van der Waals surface area contributed by atoms with Gasteiger partial charge >= 0.3 is 0 Å². The fourth-order valence-corrected chi connectivity index (χ4v) is 0.254. The maximum atomic E-state index is 8.53. The van der Waals surface area contributed by atoms with E-state index < -0.39 is 0 Å². The Balaban J connectivity index is 2.68. The lowest BCUT2D eigenvalue weighted by atomic mass is 10.4. The summed E-state index contributed by atoms with van der Waals surface area (Å²) in [6, 6.07) is 0. The molecule has 0 aromatic carbocycles. The monoisotopic (exact) mass is 103 g/mol. The first-order valence-electron chi connectivity index (χ1n) is 2.32. The van der Waals surface area contributed by atoms with Crippen LogP contribution in [0, 0.1) is 6.92 Å². The van der Waals surface area contributed by atoms with Gasteiger partial charge in [-0.15, -0.1) is 0 Å². The topological polar surface area (TPSA) is 29.5 Å². The quantitative estimate of drug-likeness (QED) is 0.553. The lowest BCUT2D eigenvalue weighted by Gasteiger charge is -2.00. The van der Waals surface area contributed by atoms with E-state index in [1.54, 1.807) is 6.92 Å². The van der Waals surface area contributed by atoms with Crippen LogP contribution in [0.1, 0.15) is 6.92 Å². The fourth-order valence-electron chi connectivity index (χ4n) is 0.254. The predicted molar refractivity (Wildman–Crippen MR) is 27.9 cm³/mol. The fraction of sp³-hybridized carbons (Fsp3) is 0.800. The minimum Gasteiger partial charge on any atom is -0.391 e. The summed E-state index contributed by atoms with van der Waals surface area (Å²) in [5.74, 6) is 0.